The smallest absolute Gasteiger partial charge is 0.326 e. The van der Waals surface area contributed by atoms with Gasteiger partial charge in [-0.2, -0.15) is 0 Å². The number of nitrogens with zero attached hydrogens (tertiary/aromatic N) is 1. The molecular formula is C6H11F2NO2. The lowest BCUT2D eigenvalue weighted by molar-refractivity contribution is -0.210. The summed E-state index contributed by atoms with van der Waals surface area (Å²) < 4.78 is 23.7. The summed E-state index contributed by atoms with van der Waals surface area (Å²) in [6.45, 7) is 3.15. The van der Waals surface area contributed by atoms with Gasteiger partial charge in [-0.3, -0.25) is 4.79 Å². The fourth-order valence-electron chi connectivity index (χ4n) is 0.743. The highest BCUT2D eigenvalue weighted by Crippen LogP contribution is 2.15. The van der Waals surface area contributed by atoms with Gasteiger partial charge in [0.15, 0.2) is 6.04 Å². The second kappa shape index (κ2) is 4.23. The van der Waals surface area contributed by atoms with Crippen LogP contribution in [0.5, 0.6) is 0 Å². The zero-order valence-electron chi connectivity index (χ0n) is 6.42. The van der Waals surface area contributed by atoms with Gasteiger partial charge in [0.2, 0.25) is 0 Å². The third-order valence-corrected chi connectivity index (χ3v) is 1.65. The van der Waals surface area contributed by atoms with Crippen molar-refractivity contribution >= 4 is 5.97 Å². The second-order valence-corrected chi connectivity index (χ2v) is 2.43. The normalized spacial score (nSPS) is 16.5. The van der Waals surface area contributed by atoms with Crippen molar-refractivity contribution in [1.29, 1.82) is 0 Å². The van der Waals surface area contributed by atoms with E-state index in [-0.39, 0.29) is 0 Å². The van der Waals surface area contributed by atoms with Crippen LogP contribution in [0.2, 0.25) is 0 Å². The summed E-state index contributed by atoms with van der Waals surface area (Å²) in [5.41, 5.74) is 0. The summed E-state index contributed by atoms with van der Waals surface area (Å²) in [4.78, 5) is 10.2. The standard InChI is InChI=1S/C6H11F2NO2/c1-3-4(2)5(6(10)11)9(7)8/h4-5H,3H2,1-2H3,(H,10,11)/t4-,5-/m0/s1. The molecule has 0 rings (SSSR count). The van der Waals surface area contributed by atoms with Gasteiger partial charge in [0.1, 0.15) is 0 Å². The van der Waals surface area contributed by atoms with Gasteiger partial charge in [0.25, 0.3) is 0 Å². The van der Waals surface area contributed by atoms with Gasteiger partial charge in [-0.25, -0.2) is 0 Å². The van der Waals surface area contributed by atoms with E-state index in [0.29, 0.717) is 6.42 Å². The van der Waals surface area contributed by atoms with Gasteiger partial charge >= 0.3 is 5.97 Å². The molecule has 0 aliphatic heterocycles. The molecule has 0 saturated carbocycles. The molecule has 0 aromatic heterocycles. The van der Waals surface area contributed by atoms with Gasteiger partial charge in [-0.05, 0) is 5.92 Å². The first-order valence-corrected chi connectivity index (χ1v) is 3.34. The minimum Gasteiger partial charge on any atom is -0.480 e. The van der Waals surface area contributed by atoms with E-state index in [9.17, 15) is 13.8 Å². The van der Waals surface area contributed by atoms with Gasteiger partial charge in [0.05, 0.1) is 0 Å². The van der Waals surface area contributed by atoms with Crippen LogP contribution in [-0.4, -0.2) is 22.5 Å². The predicted octanol–water partition coefficient (Wildman–Crippen LogP) is 1.56. The second-order valence-electron chi connectivity index (χ2n) is 2.43. The monoisotopic (exact) mass is 167 g/mol. The van der Waals surface area contributed by atoms with Crippen LogP contribution in [0.4, 0.5) is 8.96 Å². The van der Waals surface area contributed by atoms with Crippen molar-refractivity contribution in [1.82, 2.24) is 5.34 Å². The van der Waals surface area contributed by atoms with Crippen molar-refractivity contribution < 1.29 is 18.9 Å². The number of carbonyl (C=O) groups is 1. The summed E-state index contributed by atoms with van der Waals surface area (Å²) in [7, 11) is 0. The molecule has 1 N–H and O–H groups in total. The summed E-state index contributed by atoms with van der Waals surface area (Å²) in [5, 5.41) is 7.07. The Labute approximate surface area is 63.5 Å². The lowest BCUT2D eigenvalue weighted by Gasteiger charge is -2.17. The van der Waals surface area contributed by atoms with Crippen LogP contribution in [0.1, 0.15) is 20.3 Å². The molecule has 0 aliphatic carbocycles. The van der Waals surface area contributed by atoms with Crippen LogP contribution in [0.25, 0.3) is 0 Å². The Morgan fingerprint density at radius 3 is 2.18 bits per heavy atom. The number of aliphatic carboxylic acids is 1. The van der Waals surface area contributed by atoms with Crippen molar-refractivity contribution in [3.63, 3.8) is 0 Å². The number of carboxylic acid groups (broad SMARTS) is 1. The van der Waals surface area contributed by atoms with E-state index in [4.69, 9.17) is 5.11 Å². The molecule has 0 aliphatic rings. The number of hydrogen-bond acceptors (Lipinski definition) is 2. The van der Waals surface area contributed by atoms with E-state index < -0.39 is 23.3 Å². The van der Waals surface area contributed by atoms with Crippen LogP contribution in [0, 0.1) is 5.92 Å². The summed E-state index contributed by atoms with van der Waals surface area (Å²) in [5.74, 6) is -2.02. The molecule has 2 atom stereocenters. The fraction of sp³-hybridized carbons (Fsp3) is 0.833. The van der Waals surface area contributed by atoms with E-state index >= 15 is 0 Å². The maximum absolute atomic E-state index is 11.8. The molecule has 0 amide bonds. The van der Waals surface area contributed by atoms with Crippen LogP contribution in [0.15, 0.2) is 0 Å². The van der Waals surface area contributed by atoms with Crippen molar-refractivity contribution in [2.45, 2.75) is 26.3 Å². The molecule has 5 heteroatoms. The summed E-state index contributed by atoms with van der Waals surface area (Å²) >= 11 is 0. The molecule has 0 fully saturated rings. The van der Waals surface area contributed by atoms with E-state index in [1.807, 2.05) is 0 Å². The highest BCUT2D eigenvalue weighted by molar-refractivity contribution is 5.73. The number of hydrogen-bond donors (Lipinski definition) is 1. The van der Waals surface area contributed by atoms with E-state index in [1.54, 1.807) is 6.92 Å². The summed E-state index contributed by atoms with van der Waals surface area (Å²) in [6.07, 6.45) is 0.418. The van der Waals surface area contributed by atoms with Gasteiger partial charge in [-0.15, -0.1) is 8.96 Å². The van der Waals surface area contributed by atoms with Gasteiger partial charge < -0.3 is 5.11 Å². The van der Waals surface area contributed by atoms with Crippen molar-refractivity contribution in [2.24, 2.45) is 5.92 Å². The largest absolute Gasteiger partial charge is 0.480 e. The minimum absolute atomic E-state index is 0.418. The lowest BCUT2D eigenvalue weighted by atomic mass is 10.0. The first-order valence-electron chi connectivity index (χ1n) is 3.34. The van der Waals surface area contributed by atoms with Crippen LogP contribution < -0.4 is 0 Å². The quantitative estimate of drug-likeness (QED) is 0.646. The Morgan fingerprint density at radius 1 is 1.64 bits per heavy atom. The lowest BCUT2D eigenvalue weighted by Crippen LogP contribution is -2.36. The average Bonchev–Trinajstić information content (AvgIpc) is 1.85. The molecule has 0 bridgehead atoms. The third-order valence-electron chi connectivity index (χ3n) is 1.65. The van der Waals surface area contributed by atoms with Crippen LogP contribution >= 0.6 is 0 Å². The first kappa shape index (κ1) is 10.3. The Bertz CT molecular complexity index is 141. The Morgan fingerprint density at radius 2 is 2.09 bits per heavy atom. The maximum atomic E-state index is 11.8. The molecular weight excluding hydrogens is 156 g/mol. The zero-order valence-corrected chi connectivity index (χ0v) is 6.42. The highest BCUT2D eigenvalue weighted by atomic mass is 19.4. The molecule has 0 aromatic carbocycles. The minimum atomic E-state index is -1.68. The fourth-order valence-corrected chi connectivity index (χ4v) is 0.743. The first-order chi connectivity index (χ1) is 5.00. The SMILES string of the molecule is CC[C@H](C)[C@@H](C(=O)O)N(F)F. The molecule has 0 radical (unpaired) electrons. The molecule has 0 aromatic rings. The Kier molecular flexibility index (Phi) is 3.95. The number of rotatable bonds is 4. The van der Waals surface area contributed by atoms with E-state index in [2.05, 4.69) is 0 Å². The predicted molar refractivity (Wildman–Crippen MR) is 34.9 cm³/mol. The molecule has 3 nitrogen and oxygen atoms in total. The van der Waals surface area contributed by atoms with E-state index in [1.165, 1.54) is 6.92 Å². The van der Waals surface area contributed by atoms with Crippen LogP contribution in [-0.2, 0) is 4.79 Å². The maximum Gasteiger partial charge on any atom is 0.326 e. The van der Waals surface area contributed by atoms with Crippen LogP contribution in [0.3, 0.4) is 0 Å². The molecule has 0 unspecified atom stereocenters. The Hall–Kier alpha value is -0.710. The number of halogens is 2. The van der Waals surface area contributed by atoms with Crippen molar-refractivity contribution in [2.75, 3.05) is 0 Å². The molecule has 0 heterocycles. The summed E-state index contributed by atoms with van der Waals surface area (Å²) in [6, 6.07) is -1.68. The molecule has 0 saturated heterocycles. The molecule has 66 valence electrons. The highest BCUT2D eigenvalue weighted by Gasteiger charge is 2.31. The van der Waals surface area contributed by atoms with Crippen molar-refractivity contribution in [3.8, 4) is 0 Å². The van der Waals surface area contributed by atoms with Gasteiger partial charge in [0, 0.05) is 5.34 Å². The third kappa shape index (κ3) is 2.80. The molecule has 11 heavy (non-hydrogen) atoms. The van der Waals surface area contributed by atoms with Crippen molar-refractivity contribution in [3.05, 3.63) is 0 Å². The van der Waals surface area contributed by atoms with Gasteiger partial charge in [-0.1, -0.05) is 20.3 Å². The zero-order chi connectivity index (χ0) is 9.02. The van der Waals surface area contributed by atoms with E-state index in [0.717, 1.165) is 0 Å². The average molecular weight is 167 g/mol. The Balaban J connectivity index is 4.21. The number of carboxylic acids is 1. The molecule has 0 spiro atoms. The topological polar surface area (TPSA) is 40.5 Å².